The molecule has 0 saturated carbocycles. The van der Waals surface area contributed by atoms with Crippen molar-refractivity contribution in [3.63, 3.8) is 0 Å². The van der Waals surface area contributed by atoms with Crippen LogP contribution in [-0.4, -0.2) is 6.61 Å². The van der Waals surface area contributed by atoms with Crippen LogP contribution in [0.1, 0.15) is 12.5 Å². The zero-order valence-corrected chi connectivity index (χ0v) is 11.3. The van der Waals surface area contributed by atoms with Gasteiger partial charge in [-0.15, -0.1) is 5.11 Å². The third kappa shape index (κ3) is 4.05. The highest BCUT2D eigenvalue weighted by atomic mass is 19.4. The Morgan fingerprint density at radius 3 is 2.24 bits per heavy atom. The first-order valence-corrected chi connectivity index (χ1v) is 6.31. The van der Waals surface area contributed by atoms with Gasteiger partial charge in [0.25, 0.3) is 0 Å². The minimum atomic E-state index is -4.45. The van der Waals surface area contributed by atoms with Gasteiger partial charge >= 0.3 is 6.18 Å². The topological polar surface area (TPSA) is 34.0 Å². The summed E-state index contributed by atoms with van der Waals surface area (Å²) < 4.78 is 43.6. The highest BCUT2D eigenvalue weighted by molar-refractivity contribution is 5.48. The first-order chi connectivity index (χ1) is 10.0. The lowest BCUT2D eigenvalue weighted by Gasteiger charge is -2.08. The van der Waals surface area contributed by atoms with E-state index in [0.717, 1.165) is 6.07 Å². The molecule has 2 aromatic rings. The van der Waals surface area contributed by atoms with Gasteiger partial charge in [-0.25, -0.2) is 0 Å². The van der Waals surface area contributed by atoms with Gasteiger partial charge in [0.15, 0.2) is 0 Å². The van der Waals surface area contributed by atoms with Crippen LogP contribution in [0.25, 0.3) is 0 Å². The number of alkyl halides is 3. The summed E-state index contributed by atoms with van der Waals surface area (Å²) in [4.78, 5) is 0. The van der Waals surface area contributed by atoms with E-state index in [1.165, 1.54) is 18.2 Å². The normalized spacial score (nSPS) is 11.8. The third-order valence-corrected chi connectivity index (χ3v) is 2.63. The molecule has 0 N–H and O–H groups in total. The van der Waals surface area contributed by atoms with E-state index < -0.39 is 11.7 Å². The summed E-state index contributed by atoms with van der Waals surface area (Å²) >= 11 is 0. The van der Waals surface area contributed by atoms with Gasteiger partial charge in [-0.2, -0.15) is 18.3 Å². The zero-order valence-electron chi connectivity index (χ0n) is 11.3. The second kappa shape index (κ2) is 6.39. The van der Waals surface area contributed by atoms with Crippen molar-refractivity contribution in [2.24, 2.45) is 10.2 Å². The Balaban J connectivity index is 2.21. The smallest absolute Gasteiger partial charge is 0.418 e. The molecule has 0 fully saturated rings. The highest BCUT2D eigenvalue weighted by Gasteiger charge is 2.33. The number of ether oxygens (including phenoxy) is 1. The van der Waals surface area contributed by atoms with Crippen molar-refractivity contribution < 1.29 is 17.9 Å². The summed E-state index contributed by atoms with van der Waals surface area (Å²) in [6.07, 6.45) is -4.45. The summed E-state index contributed by atoms with van der Waals surface area (Å²) in [5.74, 6) is 0.673. The molecule has 0 aliphatic carbocycles. The fourth-order valence-electron chi connectivity index (χ4n) is 1.69. The largest absolute Gasteiger partial charge is 0.494 e. The Hall–Kier alpha value is -2.37. The number of nitrogens with zero attached hydrogens (tertiary/aromatic N) is 2. The number of halogens is 3. The summed E-state index contributed by atoms with van der Waals surface area (Å²) in [5.41, 5.74) is -0.561. The van der Waals surface area contributed by atoms with Gasteiger partial charge in [-0.1, -0.05) is 12.1 Å². The van der Waals surface area contributed by atoms with Crippen molar-refractivity contribution in [3.8, 4) is 5.75 Å². The average molecular weight is 294 g/mol. The Kier molecular flexibility index (Phi) is 4.57. The maximum Gasteiger partial charge on any atom is 0.418 e. The fourth-order valence-corrected chi connectivity index (χ4v) is 1.69. The van der Waals surface area contributed by atoms with Gasteiger partial charge in [0.05, 0.1) is 23.5 Å². The lowest BCUT2D eigenvalue weighted by Crippen LogP contribution is -2.04. The van der Waals surface area contributed by atoms with Crippen LogP contribution in [0.3, 0.4) is 0 Å². The molecule has 2 aromatic carbocycles. The van der Waals surface area contributed by atoms with Crippen LogP contribution in [0.4, 0.5) is 24.5 Å². The monoisotopic (exact) mass is 294 g/mol. The molecule has 0 heterocycles. The minimum Gasteiger partial charge on any atom is -0.494 e. The molecule has 0 aliphatic rings. The second-order valence-corrected chi connectivity index (χ2v) is 4.14. The number of azo groups is 1. The molecule has 0 amide bonds. The van der Waals surface area contributed by atoms with Crippen molar-refractivity contribution >= 4 is 11.4 Å². The lowest BCUT2D eigenvalue weighted by molar-refractivity contribution is -0.137. The van der Waals surface area contributed by atoms with E-state index in [2.05, 4.69) is 10.2 Å². The SMILES string of the molecule is CCOc1ccc(N=Nc2ccccc2C(F)(F)F)cc1. The standard InChI is InChI=1S/C15H13F3N2O/c1-2-21-12-9-7-11(8-10-12)19-20-14-6-4-3-5-13(14)15(16,17)18/h3-10H,2H2,1H3. The van der Waals surface area contributed by atoms with Gasteiger partial charge in [0, 0.05) is 0 Å². The second-order valence-electron chi connectivity index (χ2n) is 4.14. The number of rotatable bonds is 4. The first kappa shape index (κ1) is 15.0. The minimum absolute atomic E-state index is 0.209. The van der Waals surface area contributed by atoms with E-state index in [0.29, 0.717) is 18.0 Å². The molecule has 0 spiro atoms. The molecular weight excluding hydrogens is 281 g/mol. The van der Waals surface area contributed by atoms with Crippen molar-refractivity contribution in [1.82, 2.24) is 0 Å². The lowest BCUT2D eigenvalue weighted by atomic mass is 10.2. The molecule has 2 rings (SSSR count). The molecule has 0 unspecified atom stereocenters. The van der Waals surface area contributed by atoms with Gasteiger partial charge in [-0.3, -0.25) is 0 Å². The van der Waals surface area contributed by atoms with Crippen molar-refractivity contribution in [2.75, 3.05) is 6.61 Å². The maximum absolute atomic E-state index is 12.8. The van der Waals surface area contributed by atoms with E-state index in [9.17, 15) is 13.2 Å². The van der Waals surface area contributed by atoms with Gasteiger partial charge in [-0.05, 0) is 43.3 Å². The highest BCUT2D eigenvalue weighted by Crippen LogP contribution is 2.36. The molecule has 0 bridgehead atoms. The predicted molar refractivity (Wildman–Crippen MR) is 73.2 cm³/mol. The summed E-state index contributed by atoms with van der Waals surface area (Å²) in [6, 6.07) is 11.7. The molecular formula is C15H13F3N2O. The van der Waals surface area contributed by atoms with E-state index in [4.69, 9.17) is 4.74 Å². The molecule has 0 saturated heterocycles. The summed E-state index contributed by atoms with van der Waals surface area (Å²) in [5, 5.41) is 7.50. The summed E-state index contributed by atoms with van der Waals surface area (Å²) in [7, 11) is 0. The molecule has 6 heteroatoms. The van der Waals surface area contributed by atoms with E-state index >= 15 is 0 Å². The van der Waals surface area contributed by atoms with Gasteiger partial charge in [0.1, 0.15) is 5.75 Å². The molecule has 0 radical (unpaired) electrons. The Bertz CT molecular complexity index is 622. The van der Waals surface area contributed by atoms with Crippen LogP contribution < -0.4 is 4.74 Å². The quantitative estimate of drug-likeness (QED) is 0.683. The molecule has 0 aromatic heterocycles. The van der Waals surface area contributed by atoms with Crippen molar-refractivity contribution in [2.45, 2.75) is 13.1 Å². The Morgan fingerprint density at radius 2 is 1.62 bits per heavy atom. The predicted octanol–water partition coefficient (Wildman–Crippen LogP) is 5.52. The van der Waals surface area contributed by atoms with Crippen LogP contribution in [0.5, 0.6) is 5.75 Å². The van der Waals surface area contributed by atoms with Gasteiger partial charge in [0.2, 0.25) is 0 Å². The molecule has 110 valence electrons. The van der Waals surface area contributed by atoms with E-state index in [-0.39, 0.29) is 5.69 Å². The Labute approximate surface area is 120 Å². The number of benzene rings is 2. The van der Waals surface area contributed by atoms with Crippen LogP contribution in [0.15, 0.2) is 58.8 Å². The van der Waals surface area contributed by atoms with Crippen LogP contribution in [-0.2, 0) is 6.18 Å². The Morgan fingerprint density at radius 1 is 0.952 bits per heavy atom. The summed E-state index contributed by atoms with van der Waals surface area (Å²) in [6.45, 7) is 2.40. The van der Waals surface area contributed by atoms with Crippen LogP contribution >= 0.6 is 0 Å². The fraction of sp³-hybridized carbons (Fsp3) is 0.200. The van der Waals surface area contributed by atoms with E-state index in [1.807, 2.05) is 6.92 Å². The van der Waals surface area contributed by atoms with Crippen LogP contribution in [0.2, 0.25) is 0 Å². The molecule has 0 atom stereocenters. The molecule has 3 nitrogen and oxygen atoms in total. The number of hydrogen-bond donors (Lipinski definition) is 0. The average Bonchev–Trinajstić information content (AvgIpc) is 2.46. The molecule has 0 aliphatic heterocycles. The zero-order chi connectivity index (χ0) is 15.3. The number of hydrogen-bond acceptors (Lipinski definition) is 3. The molecule has 21 heavy (non-hydrogen) atoms. The van der Waals surface area contributed by atoms with Gasteiger partial charge < -0.3 is 4.74 Å². The van der Waals surface area contributed by atoms with E-state index in [1.54, 1.807) is 24.3 Å². The maximum atomic E-state index is 12.8. The van der Waals surface area contributed by atoms with Crippen molar-refractivity contribution in [1.29, 1.82) is 0 Å². The van der Waals surface area contributed by atoms with Crippen LogP contribution in [0, 0.1) is 0 Å². The van der Waals surface area contributed by atoms with Crippen molar-refractivity contribution in [3.05, 3.63) is 54.1 Å². The first-order valence-electron chi connectivity index (χ1n) is 6.31. The third-order valence-electron chi connectivity index (χ3n) is 2.63.